The van der Waals surface area contributed by atoms with Crippen molar-refractivity contribution < 1.29 is 183 Å². The van der Waals surface area contributed by atoms with Gasteiger partial charge in [0.1, 0.15) is 0 Å². The molecule has 0 aliphatic carbocycles. The predicted molar refractivity (Wildman–Crippen MR) is 61.1 cm³/mol. The van der Waals surface area contributed by atoms with Crippen molar-refractivity contribution in [1.82, 2.24) is 0 Å². The van der Waals surface area contributed by atoms with E-state index in [0.29, 0.717) is 0 Å². The summed E-state index contributed by atoms with van der Waals surface area (Å²) < 4.78 is 41.3. The Kier molecular flexibility index (Phi) is 10.5. The minimum absolute atomic E-state index is 0. The van der Waals surface area contributed by atoms with Crippen LogP contribution in [0.5, 0.6) is 0 Å². The Morgan fingerprint density at radius 2 is 0.739 bits per heavy atom. The van der Waals surface area contributed by atoms with Gasteiger partial charge in [0.25, 0.3) is 0 Å². The van der Waals surface area contributed by atoms with Crippen LogP contribution in [0.1, 0.15) is 0 Å². The molecular weight excluding hydrogens is 471 g/mol. The fraction of sp³-hybridized carbons (Fsp3) is 0. The van der Waals surface area contributed by atoms with Crippen molar-refractivity contribution in [2.75, 3.05) is 0 Å². The summed E-state index contributed by atoms with van der Waals surface area (Å²) >= 11 is 0. The van der Waals surface area contributed by atoms with Crippen molar-refractivity contribution in [3.63, 3.8) is 0 Å². The SMILES string of the molecule is OB1OB(O)O[B-]2(O1)OB(O)O[B-]1(OB(O)OB(O)O1)O2.[Rb+].[Rb+]. The van der Waals surface area contributed by atoms with E-state index in [-0.39, 0.29) is 116 Å². The van der Waals surface area contributed by atoms with Crippen LogP contribution in [-0.2, 0) is 41.1 Å². The molecule has 112 valence electrons. The van der Waals surface area contributed by atoms with E-state index in [0.717, 1.165) is 0 Å². The Hall–Kier alpha value is 3.50. The zero-order valence-corrected chi connectivity index (χ0v) is 21.8. The Balaban J connectivity index is 0.00000132. The summed E-state index contributed by atoms with van der Waals surface area (Å²) in [7, 11) is -10.4. The van der Waals surface area contributed by atoms with Crippen LogP contribution in [-0.4, -0.2) is 75.6 Å². The van der Waals surface area contributed by atoms with Crippen molar-refractivity contribution >= 4 is 50.5 Å². The van der Waals surface area contributed by atoms with Gasteiger partial charge >= 0.3 is 167 Å². The Bertz CT molecular complexity index is 332. The molecule has 2 spiro atoms. The van der Waals surface area contributed by atoms with Gasteiger partial charge in [-0.1, -0.05) is 0 Å². The first-order valence-corrected chi connectivity index (χ1v) is 5.53. The topological polar surface area (TPSA) is 184 Å². The quantitative estimate of drug-likeness (QED) is 0.208. The molecule has 3 aliphatic heterocycles. The molecule has 23 heavy (non-hydrogen) atoms. The molecule has 3 heterocycles. The van der Waals surface area contributed by atoms with Crippen LogP contribution in [0.2, 0.25) is 0 Å². The first-order valence-electron chi connectivity index (χ1n) is 5.53. The van der Waals surface area contributed by atoms with Gasteiger partial charge in [-0.3, -0.25) is 0 Å². The van der Waals surface area contributed by atoms with E-state index in [9.17, 15) is 25.1 Å². The molecule has 23 heteroatoms. The largest absolute Gasteiger partial charge is 1.00 e. The van der Waals surface area contributed by atoms with Crippen molar-refractivity contribution in [2.24, 2.45) is 0 Å². The first kappa shape index (κ1) is 24.5. The van der Waals surface area contributed by atoms with E-state index in [4.69, 9.17) is 4.57 Å². The Morgan fingerprint density at radius 3 is 1.04 bits per heavy atom. The molecule has 3 rings (SSSR count). The molecule has 3 aliphatic rings. The summed E-state index contributed by atoms with van der Waals surface area (Å²) in [4.78, 5) is 0. The molecule has 14 nitrogen and oxygen atoms in total. The van der Waals surface area contributed by atoms with Gasteiger partial charge in [-0.2, -0.15) is 0 Å². The Morgan fingerprint density at radius 1 is 0.478 bits per heavy atom. The zero-order valence-electron chi connectivity index (χ0n) is 12.0. The van der Waals surface area contributed by atoms with Crippen LogP contribution in [0.25, 0.3) is 0 Å². The maximum absolute atomic E-state index is 9.47. The van der Waals surface area contributed by atoms with E-state index < -0.39 is 50.5 Å². The number of hydrogen-bond donors (Lipinski definition) is 5. The molecule has 3 saturated heterocycles. The van der Waals surface area contributed by atoms with E-state index in [2.05, 4.69) is 36.6 Å². The minimum atomic E-state index is -3.55. The average Bonchev–Trinajstić information content (AvgIpc) is 2.21. The molecule has 0 aromatic heterocycles. The molecule has 0 bridgehead atoms. The van der Waals surface area contributed by atoms with Crippen molar-refractivity contribution in [2.45, 2.75) is 0 Å². The summed E-state index contributed by atoms with van der Waals surface area (Å²) in [6, 6.07) is 0. The van der Waals surface area contributed by atoms with Crippen molar-refractivity contribution in [3.8, 4) is 0 Å². The van der Waals surface area contributed by atoms with Gasteiger partial charge in [0.15, 0.2) is 0 Å². The zero-order chi connectivity index (χ0) is 15.3. The normalized spacial score (nSPS) is 26.2. The molecule has 0 radical (unpaired) electrons. The van der Waals surface area contributed by atoms with Gasteiger partial charge in [-0.15, -0.1) is 0 Å². The van der Waals surface area contributed by atoms with Gasteiger partial charge < -0.3 is 66.3 Å². The summed E-state index contributed by atoms with van der Waals surface area (Å²) in [5.74, 6) is 0. The van der Waals surface area contributed by atoms with E-state index in [1.54, 1.807) is 0 Å². The first-order chi connectivity index (χ1) is 9.80. The molecule has 0 amide bonds. The summed E-state index contributed by atoms with van der Waals surface area (Å²) in [6.07, 6.45) is 0. The van der Waals surface area contributed by atoms with E-state index in [1.165, 1.54) is 0 Å². The molecule has 3 fully saturated rings. The second kappa shape index (κ2) is 9.81. The standard InChI is InChI=1S/B7H5O14.2Rb/c8-1-13-2(9)16-6(15-1)19-5(12)20-7(21-6)17-3(10)14-4(11)18-7;;/h8-12H;;/q-2;2*+1. The van der Waals surface area contributed by atoms with Crippen LogP contribution < -0.4 is 116 Å². The van der Waals surface area contributed by atoms with Crippen LogP contribution in [0.3, 0.4) is 0 Å². The smallest absolute Gasteiger partial charge is 0.680 e. The minimum Gasteiger partial charge on any atom is -0.680 e. The summed E-state index contributed by atoms with van der Waals surface area (Å²) in [6.45, 7) is -7.10. The third-order valence-electron chi connectivity index (χ3n) is 2.50. The fourth-order valence-corrected chi connectivity index (χ4v) is 1.80. The van der Waals surface area contributed by atoms with Gasteiger partial charge in [0, 0.05) is 0 Å². The van der Waals surface area contributed by atoms with Gasteiger partial charge in [0.05, 0.1) is 0 Å². The van der Waals surface area contributed by atoms with E-state index in [1.807, 2.05) is 0 Å². The van der Waals surface area contributed by atoms with Crippen molar-refractivity contribution in [3.05, 3.63) is 0 Å². The molecule has 0 aromatic rings. The Labute approximate surface area is 228 Å². The summed E-state index contributed by atoms with van der Waals surface area (Å²) in [5.41, 5.74) is 0. The van der Waals surface area contributed by atoms with Crippen LogP contribution in [0.4, 0.5) is 0 Å². The number of rotatable bonds is 0. The maximum atomic E-state index is 9.47. The predicted octanol–water partition coefficient (Wildman–Crippen LogP) is -12.1. The third-order valence-corrected chi connectivity index (χ3v) is 2.50. The molecule has 5 N–H and O–H groups in total. The molecule has 0 saturated carbocycles. The summed E-state index contributed by atoms with van der Waals surface area (Å²) in [5, 5.41) is 46.4. The molecule has 0 aromatic carbocycles. The maximum Gasteiger partial charge on any atom is 1.00 e. The van der Waals surface area contributed by atoms with Crippen molar-refractivity contribution in [1.29, 1.82) is 0 Å². The van der Waals surface area contributed by atoms with Gasteiger partial charge in [-0.25, -0.2) is 0 Å². The van der Waals surface area contributed by atoms with Crippen LogP contribution in [0, 0.1) is 0 Å². The van der Waals surface area contributed by atoms with E-state index >= 15 is 0 Å². The molecule has 0 unspecified atom stereocenters. The third kappa shape index (κ3) is 6.24. The average molecular weight is 476 g/mol. The molecule has 0 atom stereocenters. The monoisotopic (exact) mass is 476 g/mol. The van der Waals surface area contributed by atoms with Gasteiger partial charge in [-0.05, 0) is 0 Å². The van der Waals surface area contributed by atoms with Crippen LogP contribution in [0.15, 0.2) is 0 Å². The second-order valence-electron chi connectivity index (χ2n) is 3.91. The van der Waals surface area contributed by atoms with Crippen LogP contribution >= 0.6 is 0 Å². The molecular formula is H5B7O14Rb2. The fourth-order valence-electron chi connectivity index (χ4n) is 1.80. The van der Waals surface area contributed by atoms with Gasteiger partial charge in [0.2, 0.25) is 0 Å². The number of hydrogen-bond acceptors (Lipinski definition) is 14. The second-order valence-corrected chi connectivity index (χ2v) is 3.91.